The summed E-state index contributed by atoms with van der Waals surface area (Å²) in [5.41, 5.74) is 0.889. The van der Waals surface area contributed by atoms with Crippen LogP contribution >= 0.6 is 11.6 Å². The van der Waals surface area contributed by atoms with Crippen LogP contribution < -0.4 is 10.6 Å². The molecule has 104 valence electrons. The first kappa shape index (κ1) is 14.3. The smallest absolute Gasteiger partial charge is 0.243 e. The van der Waals surface area contributed by atoms with Crippen molar-refractivity contribution in [1.82, 2.24) is 0 Å². The van der Waals surface area contributed by atoms with Crippen molar-refractivity contribution in [1.29, 1.82) is 0 Å². The third kappa shape index (κ3) is 4.20. The minimum Gasteiger partial charge on any atom is -0.376 e. The maximum Gasteiger partial charge on any atom is 0.243 e. The molecular weight excluding hydrogens is 286 g/mol. The van der Waals surface area contributed by atoms with Gasteiger partial charge >= 0.3 is 0 Å². The molecule has 1 amide bonds. The Morgan fingerprint density at radius 1 is 1.00 bits per heavy atom. The van der Waals surface area contributed by atoms with Gasteiger partial charge in [-0.25, -0.2) is 8.78 Å². The Morgan fingerprint density at radius 3 is 2.35 bits per heavy atom. The standard InChI is InChI=1S/C14H11ClF2N2O/c15-9-5-11(17)7-13(6-9)18-8-14(20)19-12-3-1-10(16)2-4-12/h1-7,18H,8H2,(H,19,20). The molecule has 6 heteroatoms. The van der Waals surface area contributed by atoms with Crippen LogP contribution in [0.1, 0.15) is 0 Å². The molecule has 0 heterocycles. The first-order chi connectivity index (χ1) is 9.52. The topological polar surface area (TPSA) is 41.1 Å². The third-order valence-electron chi connectivity index (χ3n) is 2.44. The summed E-state index contributed by atoms with van der Waals surface area (Å²) in [5.74, 6) is -1.20. The average molecular weight is 297 g/mol. The van der Waals surface area contributed by atoms with E-state index in [-0.39, 0.29) is 23.3 Å². The summed E-state index contributed by atoms with van der Waals surface area (Å²) in [6, 6.07) is 9.31. The summed E-state index contributed by atoms with van der Waals surface area (Å²) < 4.78 is 25.8. The van der Waals surface area contributed by atoms with Crippen LogP contribution in [-0.2, 0) is 4.79 Å². The predicted molar refractivity (Wildman–Crippen MR) is 74.9 cm³/mol. The normalized spacial score (nSPS) is 10.2. The van der Waals surface area contributed by atoms with Crippen LogP contribution in [0, 0.1) is 11.6 Å². The number of hydrogen-bond donors (Lipinski definition) is 2. The summed E-state index contributed by atoms with van der Waals surface area (Å²) in [6.45, 7) is -0.0584. The lowest BCUT2D eigenvalue weighted by atomic mass is 10.3. The molecule has 2 N–H and O–H groups in total. The molecule has 3 nitrogen and oxygen atoms in total. The summed E-state index contributed by atoms with van der Waals surface area (Å²) >= 11 is 5.69. The number of nitrogens with one attached hydrogen (secondary N) is 2. The molecule has 20 heavy (non-hydrogen) atoms. The van der Waals surface area contributed by atoms with E-state index in [4.69, 9.17) is 11.6 Å². The zero-order valence-corrected chi connectivity index (χ0v) is 11.0. The largest absolute Gasteiger partial charge is 0.376 e. The van der Waals surface area contributed by atoms with Crippen LogP contribution in [0.2, 0.25) is 5.02 Å². The van der Waals surface area contributed by atoms with Crippen LogP contribution in [-0.4, -0.2) is 12.5 Å². The van der Waals surface area contributed by atoms with Gasteiger partial charge in [-0.05, 0) is 42.5 Å². The van der Waals surface area contributed by atoms with Gasteiger partial charge in [-0.2, -0.15) is 0 Å². The molecule has 0 aliphatic rings. The van der Waals surface area contributed by atoms with Crippen molar-refractivity contribution < 1.29 is 13.6 Å². The number of carbonyl (C=O) groups is 1. The highest BCUT2D eigenvalue weighted by molar-refractivity contribution is 6.30. The molecule has 0 saturated carbocycles. The van der Waals surface area contributed by atoms with E-state index in [1.165, 1.54) is 42.5 Å². The number of amides is 1. The monoisotopic (exact) mass is 296 g/mol. The highest BCUT2D eigenvalue weighted by Gasteiger charge is 2.04. The molecule has 2 aromatic rings. The predicted octanol–water partition coefficient (Wildman–Crippen LogP) is 3.67. The Balaban J connectivity index is 1.90. The average Bonchev–Trinajstić information content (AvgIpc) is 2.38. The Hall–Kier alpha value is -2.14. The molecule has 0 fully saturated rings. The maximum absolute atomic E-state index is 13.1. The van der Waals surface area contributed by atoms with Crippen LogP contribution in [0.3, 0.4) is 0 Å². The molecule has 0 saturated heterocycles. The Bertz CT molecular complexity index is 597. The van der Waals surface area contributed by atoms with E-state index < -0.39 is 5.82 Å². The molecule has 0 aromatic heterocycles. The number of rotatable bonds is 4. The fraction of sp³-hybridized carbons (Fsp3) is 0.0714. The van der Waals surface area contributed by atoms with E-state index in [0.29, 0.717) is 11.4 Å². The first-order valence-electron chi connectivity index (χ1n) is 5.78. The minimum absolute atomic E-state index is 0.0584. The molecule has 0 radical (unpaired) electrons. The second-order valence-corrected chi connectivity index (χ2v) is 4.50. The van der Waals surface area contributed by atoms with E-state index in [0.717, 1.165) is 0 Å². The fourth-order valence-electron chi connectivity index (χ4n) is 1.58. The second kappa shape index (κ2) is 6.34. The zero-order valence-electron chi connectivity index (χ0n) is 10.3. The summed E-state index contributed by atoms with van der Waals surface area (Å²) in [6.07, 6.45) is 0. The van der Waals surface area contributed by atoms with E-state index in [1.807, 2.05) is 0 Å². The van der Waals surface area contributed by atoms with Crippen LogP contribution in [0.4, 0.5) is 20.2 Å². The molecule has 0 spiro atoms. The minimum atomic E-state index is -0.487. The van der Waals surface area contributed by atoms with Gasteiger partial charge in [0.2, 0.25) is 5.91 Å². The van der Waals surface area contributed by atoms with Crippen LogP contribution in [0.25, 0.3) is 0 Å². The molecule has 0 unspecified atom stereocenters. The lowest BCUT2D eigenvalue weighted by Gasteiger charge is -2.08. The van der Waals surface area contributed by atoms with Gasteiger partial charge in [0.15, 0.2) is 0 Å². The van der Waals surface area contributed by atoms with Gasteiger partial charge in [-0.3, -0.25) is 4.79 Å². The van der Waals surface area contributed by atoms with Crippen molar-refractivity contribution in [2.24, 2.45) is 0 Å². The molecule has 2 aromatic carbocycles. The molecule has 0 aliphatic carbocycles. The quantitative estimate of drug-likeness (QED) is 0.904. The number of benzene rings is 2. The number of halogens is 3. The van der Waals surface area contributed by atoms with Crippen molar-refractivity contribution in [2.45, 2.75) is 0 Å². The van der Waals surface area contributed by atoms with Gasteiger partial charge in [0.05, 0.1) is 6.54 Å². The molecule has 0 aliphatic heterocycles. The second-order valence-electron chi connectivity index (χ2n) is 4.07. The van der Waals surface area contributed by atoms with E-state index in [9.17, 15) is 13.6 Å². The maximum atomic E-state index is 13.1. The molecule has 2 rings (SSSR count). The highest BCUT2D eigenvalue weighted by Crippen LogP contribution is 2.17. The van der Waals surface area contributed by atoms with Gasteiger partial charge in [-0.1, -0.05) is 11.6 Å². The lowest BCUT2D eigenvalue weighted by molar-refractivity contribution is -0.114. The van der Waals surface area contributed by atoms with Gasteiger partial charge in [0.25, 0.3) is 0 Å². The summed E-state index contributed by atoms with van der Waals surface area (Å²) in [5, 5.41) is 5.56. The number of carbonyl (C=O) groups excluding carboxylic acids is 1. The lowest BCUT2D eigenvalue weighted by Crippen LogP contribution is -2.21. The van der Waals surface area contributed by atoms with Crippen molar-refractivity contribution in [2.75, 3.05) is 17.2 Å². The Kier molecular flexibility index (Phi) is 4.53. The van der Waals surface area contributed by atoms with Crippen LogP contribution in [0.15, 0.2) is 42.5 Å². The number of anilines is 2. The fourth-order valence-corrected chi connectivity index (χ4v) is 1.80. The van der Waals surface area contributed by atoms with Crippen molar-refractivity contribution in [3.8, 4) is 0 Å². The van der Waals surface area contributed by atoms with Gasteiger partial charge < -0.3 is 10.6 Å². The molecule has 0 atom stereocenters. The Morgan fingerprint density at radius 2 is 1.70 bits per heavy atom. The van der Waals surface area contributed by atoms with Crippen molar-refractivity contribution in [3.05, 3.63) is 59.1 Å². The number of hydrogen-bond acceptors (Lipinski definition) is 2. The van der Waals surface area contributed by atoms with E-state index >= 15 is 0 Å². The van der Waals surface area contributed by atoms with E-state index in [2.05, 4.69) is 10.6 Å². The summed E-state index contributed by atoms with van der Waals surface area (Å²) in [4.78, 5) is 11.6. The van der Waals surface area contributed by atoms with Crippen molar-refractivity contribution in [3.63, 3.8) is 0 Å². The zero-order chi connectivity index (χ0) is 14.5. The SMILES string of the molecule is O=C(CNc1cc(F)cc(Cl)c1)Nc1ccc(F)cc1. The van der Waals surface area contributed by atoms with E-state index in [1.54, 1.807) is 0 Å². The molecule has 0 bridgehead atoms. The first-order valence-corrected chi connectivity index (χ1v) is 6.16. The highest BCUT2D eigenvalue weighted by atomic mass is 35.5. The van der Waals surface area contributed by atoms with Gasteiger partial charge in [0.1, 0.15) is 11.6 Å². The molecular formula is C14H11ClF2N2O. The Labute approximate surface area is 119 Å². The van der Waals surface area contributed by atoms with Crippen LogP contribution in [0.5, 0.6) is 0 Å². The van der Waals surface area contributed by atoms with Crippen molar-refractivity contribution >= 4 is 28.9 Å². The van der Waals surface area contributed by atoms with Gasteiger partial charge in [0, 0.05) is 16.4 Å². The van der Waals surface area contributed by atoms with Gasteiger partial charge in [-0.15, -0.1) is 0 Å². The summed E-state index contributed by atoms with van der Waals surface area (Å²) in [7, 11) is 0. The third-order valence-corrected chi connectivity index (χ3v) is 2.66.